The van der Waals surface area contributed by atoms with Crippen molar-refractivity contribution in [1.82, 2.24) is 10.9 Å². The van der Waals surface area contributed by atoms with Crippen molar-refractivity contribution in [2.75, 3.05) is 0 Å². The predicted octanol–water partition coefficient (Wildman–Crippen LogP) is 2.10. The predicted molar refractivity (Wildman–Crippen MR) is 74.2 cm³/mol. The first-order valence-corrected chi connectivity index (χ1v) is 6.25. The van der Waals surface area contributed by atoms with Gasteiger partial charge in [-0.3, -0.25) is 20.4 Å². The number of halogens is 1. The second-order valence-corrected chi connectivity index (χ2v) is 5.80. The van der Waals surface area contributed by atoms with Gasteiger partial charge in [-0.1, -0.05) is 32.9 Å². The number of amides is 2. The number of carbonyl (C=O) groups is 2. The molecule has 0 spiro atoms. The number of hydrogen-bond donors (Lipinski definition) is 2. The summed E-state index contributed by atoms with van der Waals surface area (Å²) >= 11 is 2.08. The van der Waals surface area contributed by atoms with Gasteiger partial charge in [0.05, 0.1) is 5.56 Å². The molecule has 4 nitrogen and oxygen atoms in total. The summed E-state index contributed by atoms with van der Waals surface area (Å²) in [7, 11) is 0. The molecule has 0 aliphatic heterocycles. The topological polar surface area (TPSA) is 58.2 Å². The standard InChI is InChI=1S/C12H15IN2O2/c1-12(2,3)11(17)15-14-10(16)8-6-4-5-7-9(8)13/h4-7H,1-3H3,(H,14,16)(H,15,17). The normalized spacial score (nSPS) is 10.8. The van der Waals surface area contributed by atoms with Crippen LogP contribution >= 0.6 is 22.6 Å². The van der Waals surface area contributed by atoms with E-state index < -0.39 is 5.41 Å². The molecule has 0 atom stereocenters. The molecule has 1 rings (SSSR count). The molecule has 0 aliphatic rings. The molecule has 0 heterocycles. The fourth-order valence-corrected chi connectivity index (χ4v) is 1.65. The SMILES string of the molecule is CC(C)(C)C(=O)NNC(=O)c1ccccc1I. The third-order valence-electron chi connectivity index (χ3n) is 2.09. The molecule has 0 aliphatic carbocycles. The van der Waals surface area contributed by atoms with Crippen LogP contribution in [0.2, 0.25) is 0 Å². The molecule has 0 saturated carbocycles. The Bertz CT molecular complexity index is 438. The third-order valence-corrected chi connectivity index (χ3v) is 3.03. The first kappa shape index (κ1) is 14.0. The first-order valence-electron chi connectivity index (χ1n) is 5.17. The zero-order chi connectivity index (χ0) is 13.1. The van der Waals surface area contributed by atoms with Crippen LogP contribution in [0.4, 0.5) is 0 Å². The van der Waals surface area contributed by atoms with Crippen LogP contribution in [0.15, 0.2) is 24.3 Å². The lowest BCUT2D eigenvalue weighted by atomic mass is 9.96. The van der Waals surface area contributed by atoms with Crippen LogP contribution in [0.25, 0.3) is 0 Å². The lowest BCUT2D eigenvalue weighted by Gasteiger charge is -2.18. The Morgan fingerprint density at radius 2 is 1.71 bits per heavy atom. The monoisotopic (exact) mass is 346 g/mol. The number of hydrogen-bond acceptors (Lipinski definition) is 2. The fourth-order valence-electron chi connectivity index (χ4n) is 1.01. The average molecular weight is 346 g/mol. The highest BCUT2D eigenvalue weighted by atomic mass is 127. The van der Waals surface area contributed by atoms with Crippen molar-refractivity contribution >= 4 is 34.4 Å². The number of rotatable bonds is 1. The zero-order valence-corrected chi connectivity index (χ0v) is 12.2. The molecule has 0 saturated heterocycles. The van der Waals surface area contributed by atoms with Gasteiger partial charge < -0.3 is 0 Å². The van der Waals surface area contributed by atoms with Crippen molar-refractivity contribution in [3.8, 4) is 0 Å². The molecule has 1 aromatic carbocycles. The molecular formula is C12H15IN2O2. The lowest BCUT2D eigenvalue weighted by molar-refractivity contribution is -0.129. The van der Waals surface area contributed by atoms with Crippen LogP contribution in [0, 0.1) is 8.99 Å². The molecule has 17 heavy (non-hydrogen) atoms. The number of carbonyl (C=O) groups excluding carboxylic acids is 2. The number of benzene rings is 1. The van der Waals surface area contributed by atoms with E-state index >= 15 is 0 Å². The minimum Gasteiger partial charge on any atom is -0.273 e. The van der Waals surface area contributed by atoms with Crippen molar-refractivity contribution in [2.24, 2.45) is 5.41 Å². The highest BCUT2D eigenvalue weighted by Gasteiger charge is 2.21. The summed E-state index contributed by atoms with van der Waals surface area (Å²) in [6, 6.07) is 7.18. The van der Waals surface area contributed by atoms with E-state index in [1.807, 2.05) is 12.1 Å². The van der Waals surface area contributed by atoms with Gasteiger partial charge in [0.1, 0.15) is 0 Å². The van der Waals surface area contributed by atoms with E-state index in [2.05, 4.69) is 33.4 Å². The van der Waals surface area contributed by atoms with E-state index in [9.17, 15) is 9.59 Å². The smallest absolute Gasteiger partial charge is 0.270 e. The summed E-state index contributed by atoms with van der Waals surface area (Å²) in [5, 5.41) is 0. The first-order chi connectivity index (χ1) is 7.82. The molecule has 1 aromatic rings. The van der Waals surface area contributed by atoms with Gasteiger partial charge in [0.15, 0.2) is 0 Å². The van der Waals surface area contributed by atoms with E-state index in [0.717, 1.165) is 3.57 Å². The summed E-state index contributed by atoms with van der Waals surface area (Å²) in [6.45, 7) is 5.34. The Morgan fingerprint density at radius 3 is 2.24 bits per heavy atom. The van der Waals surface area contributed by atoms with Crippen molar-refractivity contribution in [1.29, 1.82) is 0 Å². The largest absolute Gasteiger partial charge is 0.273 e. The van der Waals surface area contributed by atoms with Gasteiger partial charge in [-0.05, 0) is 34.7 Å². The summed E-state index contributed by atoms with van der Waals surface area (Å²) in [6.07, 6.45) is 0. The molecule has 0 aromatic heterocycles. The van der Waals surface area contributed by atoms with E-state index in [1.165, 1.54) is 0 Å². The molecule has 5 heteroatoms. The Balaban J connectivity index is 2.63. The highest BCUT2D eigenvalue weighted by molar-refractivity contribution is 14.1. The van der Waals surface area contributed by atoms with Crippen LogP contribution < -0.4 is 10.9 Å². The van der Waals surface area contributed by atoms with E-state index in [0.29, 0.717) is 5.56 Å². The van der Waals surface area contributed by atoms with Gasteiger partial charge >= 0.3 is 0 Å². The summed E-state index contributed by atoms with van der Waals surface area (Å²) in [5.41, 5.74) is 4.82. The van der Waals surface area contributed by atoms with Crippen LogP contribution in [0.1, 0.15) is 31.1 Å². The minimum atomic E-state index is -0.531. The van der Waals surface area contributed by atoms with Crippen LogP contribution in [0.5, 0.6) is 0 Å². The van der Waals surface area contributed by atoms with Gasteiger partial charge in [-0.25, -0.2) is 0 Å². The summed E-state index contributed by atoms with van der Waals surface area (Å²) in [4.78, 5) is 23.3. The Hall–Kier alpha value is -1.11. The quantitative estimate of drug-likeness (QED) is 0.604. The fraction of sp³-hybridized carbons (Fsp3) is 0.333. The molecule has 2 N–H and O–H groups in total. The molecule has 0 fully saturated rings. The maximum absolute atomic E-state index is 11.8. The van der Waals surface area contributed by atoms with Crippen molar-refractivity contribution in [2.45, 2.75) is 20.8 Å². The van der Waals surface area contributed by atoms with Crippen molar-refractivity contribution in [3.05, 3.63) is 33.4 Å². The maximum Gasteiger partial charge on any atom is 0.270 e. The third kappa shape index (κ3) is 3.99. The van der Waals surface area contributed by atoms with Crippen LogP contribution in [-0.2, 0) is 4.79 Å². The van der Waals surface area contributed by atoms with E-state index in [4.69, 9.17) is 0 Å². The number of hydrazine groups is 1. The minimum absolute atomic E-state index is 0.225. The Morgan fingerprint density at radius 1 is 1.12 bits per heavy atom. The van der Waals surface area contributed by atoms with Gasteiger partial charge in [0, 0.05) is 8.99 Å². The van der Waals surface area contributed by atoms with Gasteiger partial charge in [-0.2, -0.15) is 0 Å². The second kappa shape index (κ2) is 5.48. The van der Waals surface area contributed by atoms with Gasteiger partial charge in [0.2, 0.25) is 5.91 Å². The van der Waals surface area contributed by atoms with E-state index in [-0.39, 0.29) is 11.8 Å². The zero-order valence-electron chi connectivity index (χ0n) is 10.0. The lowest BCUT2D eigenvalue weighted by Crippen LogP contribution is -2.46. The molecule has 0 unspecified atom stereocenters. The highest BCUT2D eigenvalue weighted by Crippen LogP contribution is 2.13. The second-order valence-electron chi connectivity index (χ2n) is 4.64. The van der Waals surface area contributed by atoms with Crippen LogP contribution in [-0.4, -0.2) is 11.8 Å². The van der Waals surface area contributed by atoms with Crippen molar-refractivity contribution < 1.29 is 9.59 Å². The Kier molecular flexibility index (Phi) is 4.50. The molecular weight excluding hydrogens is 331 g/mol. The Labute approximate surface area is 114 Å². The summed E-state index contributed by atoms with van der Waals surface area (Å²) in [5.74, 6) is -0.538. The van der Waals surface area contributed by atoms with E-state index in [1.54, 1.807) is 32.9 Å². The average Bonchev–Trinajstić information content (AvgIpc) is 2.24. The van der Waals surface area contributed by atoms with Gasteiger partial charge in [0.25, 0.3) is 5.91 Å². The number of nitrogens with one attached hydrogen (secondary N) is 2. The summed E-state index contributed by atoms with van der Waals surface area (Å²) < 4.78 is 0.840. The molecule has 92 valence electrons. The molecule has 0 bridgehead atoms. The van der Waals surface area contributed by atoms with Crippen molar-refractivity contribution in [3.63, 3.8) is 0 Å². The molecule has 0 radical (unpaired) electrons. The van der Waals surface area contributed by atoms with Gasteiger partial charge in [-0.15, -0.1) is 0 Å². The molecule has 2 amide bonds. The van der Waals surface area contributed by atoms with Crippen LogP contribution in [0.3, 0.4) is 0 Å². The maximum atomic E-state index is 11.8.